The fourth-order valence-corrected chi connectivity index (χ4v) is 4.24. The van der Waals surface area contributed by atoms with Crippen molar-refractivity contribution in [2.45, 2.75) is 26.8 Å². The molecule has 0 saturated heterocycles. The van der Waals surface area contributed by atoms with Crippen molar-refractivity contribution in [2.24, 2.45) is 0 Å². The summed E-state index contributed by atoms with van der Waals surface area (Å²) in [5.74, 6) is 0.472. The summed E-state index contributed by atoms with van der Waals surface area (Å²) in [5, 5.41) is 0.454. The third kappa shape index (κ3) is 3.72. The van der Waals surface area contributed by atoms with Crippen molar-refractivity contribution in [3.63, 3.8) is 0 Å². The topological polar surface area (TPSA) is 63.0 Å². The van der Waals surface area contributed by atoms with Crippen molar-refractivity contribution >= 4 is 16.9 Å². The van der Waals surface area contributed by atoms with E-state index in [9.17, 15) is 9.59 Å². The Labute approximate surface area is 182 Å². The lowest BCUT2D eigenvalue weighted by molar-refractivity contribution is 0.0708. The van der Waals surface area contributed by atoms with Crippen molar-refractivity contribution in [2.75, 3.05) is 33.3 Å². The zero-order valence-electron chi connectivity index (χ0n) is 18.5. The van der Waals surface area contributed by atoms with Crippen LogP contribution in [-0.2, 0) is 0 Å². The minimum Gasteiger partial charge on any atom is -0.497 e. The second-order valence-electron chi connectivity index (χ2n) is 7.87. The molecule has 0 radical (unpaired) electrons. The van der Waals surface area contributed by atoms with Crippen molar-refractivity contribution in [1.82, 2.24) is 9.80 Å². The second-order valence-corrected chi connectivity index (χ2v) is 7.87. The number of rotatable bonds is 7. The molecular formula is C25H28N2O4. The maximum Gasteiger partial charge on any atom is 0.290 e. The molecule has 1 aliphatic heterocycles. The zero-order chi connectivity index (χ0) is 22.1. The van der Waals surface area contributed by atoms with Crippen LogP contribution in [0.15, 0.2) is 51.7 Å². The van der Waals surface area contributed by atoms with Crippen molar-refractivity contribution in [3.8, 4) is 5.75 Å². The molecule has 6 heteroatoms. The molecule has 1 amide bonds. The summed E-state index contributed by atoms with van der Waals surface area (Å²) in [6.07, 6.45) is 0. The molecule has 0 aliphatic carbocycles. The first-order valence-corrected chi connectivity index (χ1v) is 10.7. The average molecular weight is 421 g/mol. The van der Waals surface area contributed by atoms with E-state index in [-0.39, 0.29) is 17.1 Å². The van der Waals surface area contributed by atoms with Crippen LogP contribution in [0.2, 0.25) is 0 Å². The maximum atomic E-state index is 13.5. The summed E-state index contributed by atoms with van der Waals surface area (Å²) in [7, 11) is 1.56. The molecule has 1 atom stereocenters. The van der Waals surface area contributed by atoms with Gasteiger partial charge in [0.2, 0.25) is 5.76 Å². The van der Waals surface area contributed by atoms with E-state index in [1.165, 1.54) is 0 Å². The fraction of sp³-hybridized carbons (Fsp3) is 0.360. The van der Waals surface area contributed by atoms with Crippen LogP contribution in [0, 0.1) is 6.92 Å². The summed E-state index contributed by atoms with van der Waals surface area (Å²) in [5.41, 5.74) is 2.66. The molecule has 31 heavy (non-hydrogen) atoms. The highest BCUT2D eigenvalue weighted by molar-refractivity contribution is 5.99. The van der Waals surface area contributed by atoms with Gasteiger partial charge < -0.3 is 19.0 Å². The quantitative estimate of drug-likeness (QED) is 0.578. The Morgan fingerprint density at radius 3 is 2.42 bits per heavy atom. The molecule has 1 aromatic heterocycles. The predicted molar refractivity (Wildman–Crippen MR) is 121 cm³/mol. The molecule has 6 nitrogen and oxygen atoms in total. The van der Waals surface area contributed by atoms with Gasteiger partial charge in [-0.15, -0.1) is 0 Å². The Hall–Kier alpha value is -3.12. The molecule has 2 aromatic carbocycles. The number of carbonyl (C=O) groups is 1. The number of methoxy groups -OCH3 is 1. The predicted octanol–water partition coefficient (Wildman–Crippen LogP) is 4.00. The van der Waals surface area contributed by atoms with Crippen LogP contribution in [0.1, 0.15) is 47.1 Å². The summed E-state index contributed by atoms with van der Waals surface area (Å²) in [6.45, 7) is 9.28. The smallest absolute Gasteiger partial charge is 0.290 e. The van der Waals surface area contributed by atoms with Gasteiger partial charge in [0.15, 0.2) is 5.43 Å². The van der Waals surface area contributed by atoms with Crippen LogP contribution in [0.5, 0.6) is 5.75 Å². The Balaban J connectivity index is 1.86. The van der Waals surface area contributed by atoms with Crippen LogP contribution in [0.3, 0.4) is 0 Å². The average Bonchev–Trinajstić information content (AvgIpc) is 3.06. The Morgan fingerprint density at radius 1 is 1.06 bits per heavy atom. The van der Waals surface area contributed by atoms with Gasteiger partial charge in [-0.25, -0.2) is 0 Å². The van der Waals surface area contributed by atoms with Crippen LogP contribution in [0.4, 0.5) is 0 Å². The van der Waals surface area contributed by atoms with E-state index >= 15 is 0 Å². The first-order valence-electron chi connectivity index (χ1n) is 10.7. The number of benzene rings is 2. The maximum absolute atomic E-state index is 13.5. The first-order chi connectivity index (χ1) is 15.0. The first kappa shape index (κ1) is 21.1. The van der Waals surface area contributed by atoms with Gasteiger partial charge >= 0.3 is 0 Å². The van der Waals surface area contributed by atoms with Gasteiger partial charge in [-0.2, -0.15) is 0 Å². The number of aryl methyl sites for hydroxylation is 1. The standard InChI is InChI=1S/C25H28N2O4/c1-5-26(6-2)13-14-27-22(17-9-7-16(3)8-10-17)21-23(28)19-12-11-18(30-4)15-20(19)31-24(21)25(27)29/h7-12,15,22H,5-6,13-14H2,1-4H3. The number of hydrogen-bond donors (Lipinski definition) is 0. The summed E-state index contributed by atoms with van der Waals surface area (Å²) in [6, 6.07) is 12.6. The van der Waals surface area contributed by atoms with Crippen LogP contribution >= 0.6 is 0 Å². The third-order valence-electron chi connectivity index (χ3n) is 6.12. The molecule has 1 aliphatic rings. The van der Waals surface area contributed by atoms with Crippen molar-refractivity contribution in [3.05, 3.63) is 75.1 Å². The lowest BCUT2D eigenvalue weighted by Crippen LogP contribution is -2.37. The lowest BCUT2D eigenvalue weighted by Gasteiger charge is -2.28. The van der Waals surface area contributed by atoms with E-state index in [0.29, 0.717) is 28.8 Å². The molecule has 3 aromatic rings. The van der Waals surface area contributed by atoms with Gasteiger partial charge in [0.25, 0.3) is 5.91 Å². The van der Waals surface area contributed by atoms with Gasteiger partial charge in [0.05, 0.1) is 24.1 Å². The highest BCUT2D eigenvalue weighted by Crippen LogP contribution is 2.38. The number of fused-ring (bicyclic) bond motifs is 2. The van der Waals surface area contributed by atoms with E-state index in [4.69, 9.17) is 9.15 Å². The molecule has 0 saturated carbocycles. The van der Waals surface area contributed by atoms with E-state index in [1.807, 2.05) is 31.2 Å². The minimum absolute atomic E-state index is 0.135. The number of likely N-dealkylation sites (N-methyl/N-ethyl adjacent to an activating group) is 1. The Morgan fingerprint density at radius 2 is 1.77 bits per heavy atom. The van der Waals surface area contributed by atoms with Gasteiger partial charge in [0.1, 0.15) is 11.3 Å². The summed E-state index contributed by atoms with van der Waals surface area (Å²) in [4.78, 5) is 31.0. The number of hydrogen-bond acceptors (Lipinski definition) is 5. The normalized spacial score (nSPS) is 15.7. The van der Waals surface area contributed by atoms with E-state index in [2.05, 4.69) is 18.7 Å². The molecule has 0 N–H and O–H groups in total. The van der Waals surface area contributed by atoms with Crippen molar-refractivity contribution < 1.29 is 13.9 Å². The third-order valence-corrected chi connectivity index (χ3v) is 6.12. The Bertz CT molecular complexity index is 1160. The molecule has 162 valence electrons. The van der Waals surface area contributed by atoms with Gasteiger partial charge in [-0.3, -0.25) is 9.59 Å². The molecule has 1 unspecified atom stereocenters. The number of nitrogens with zero attached hydrogens (tertiary/aromatic N) is 2. The molecule has 0 fully saturated rings. The van der Waals surface area contributed by atoms with E-state index < -0.39 is 6.04 Å². The number of ether oxygens (including phenoxy) is 1. The second kappa shape index (κ2) is 8.55. The fourth-order valence-electron chi connectivity index (χ4n) is 4.24. The van der Waals surface area contributed by atoms with E-state index in [1.54, 1.807) is 30.2 Å². The SMILES string of the molecule is CCN(CC)CCN1C(=O)c2oc3cc(OC)ccc3c(=O)c2C1c1ccc(C)cc1. The van der Waals surface area contributed by atoms with Gasteiger partial charge in [-0.1, -0.05) is 43.7 Å². The number of carbonyl (C=O) groups excluding carboxylic acids is 1. The summed E-state index contributed by atoms with van der Waals surface area (Å²) < 4.78 is 11.3. The van der Waals surface area contributed by atoms with Gasteiger partial charge in [0, 0.05) is 19.2 Å². The van der Waals surface area contributed by atoms with Crippen LogP contribution in [0.25, 0.3) is 11.0 Å². The highest BCUT2D eigenvalue weighted by Gasteiger charge is 2.42. The monoisotopic (exact) mass is 420 g/mol. The molecular weight excluding hydrogens is 392 g/mol. The lowest BCUT2D eigenvalue weighted by atomic mass is 9.97. The van der Waals surface area contributed by atoms with E-state index in [0.717, 1.165) is 30.8 Å². The minimum atomic E-state index is -0.457. The van der Waals surface area contributed by atoms with Crippen LogP contribution < -0.4 is 10.2 Å². The Kier molecular flexibility index (Phi) is 5.83. The molecule has 2 heterocycles. The molecule has 0 bridgehead atoms. The van der Waals surface area contributed by atoms with Crippen LogP contribution in [-0.4, -0.2) is 49.0 Å². The van der Waals surface area contributed by atoms with Crippen molar-refractivity contribution in [1.29, 1.82) is 0 Å². The largest absolute Gasteiger partial charge is 0.497 e. The molecule has 4 rings (SSSR count). The summed E-state index contributed by atoms with van der Waals surface area (Å²) >= 11 is 0. The number of amides is 1. The zero-order valence-corrected chi connectivity index (χ0v) is 18.5. The van der Waals surface area contributed by atoms with Gasteiger partial charge in [-0.05, 0) is 37.7 Å². The molecule has 0 spiro atoms. The highest BCUT2D eigenvalue weighted by atomic mass is 16.5.